The van der Waals surface area contributed by atoms with Gasteiger partial charge in [0.25, 0.3) is 0 Å². The molecule has 4 aromatic rings. The van der Waals surface area contributed by atoms with Gasteiger partial charge in [-0.15, -0.1) is 0 Å². The van der Waals surface area contributed by atoms with Crippen LogP contribution in [-0.2, 0) is 6.54 Å². The van der Waals surface area contributed by atoms with Crippen molar-refractivity contribution in [1.29, 1.82) is 0 Å². The van der Waals surface area contributed by atoms with Crippen molar-refractivity contribution in [2.45, 2.75) is 13.5 Å². The number of nitrogens with one attached hydrogen (secondary N) is 1. The van der Waals surface area contributed by atoms with E-state index in [4.69, 9.17) is 0 Å². The molecule has 2 aromatic carbocycles. The normalized spacial score (nSPS) is 11.0. The van der Waals surface area contributed by atoms with Crippen molar-refractivity contribution in [3.05, 3.63) is 83.9 Å². The predicted molar refractivity (Wildman–Crippen MR) is 96.9 cm³/mol. The van der Waals surface area contributed by atoms with Gasteiger partial charge >= 0.3 is 0 Å². The number of benzene rings is 2. The first kappa shape index (κ1) is 15.3. The number of hydrogen-bond donors (Lipinski definition) is 1. The fraction of sp³-hybridized carbons (Fsp3) is 0.100. The molecule has 0 fully saturated rings. The maximum Gasteiger partial charge on any atom is 0.235 e. The number of aryl methyl sites for hydroxylation is 1. The van der Waals surface area contributed by atoms with Gasteiger partial charge in [0.05, 0.1) is 0 Å². The Morgan fingerprint density at radius 1 is 1.04 bits per heavy atom. The molecule has 2 aromatic heterocycles. The Balaban J connectivity index is 1.73. The van der Waals surface area contributed by atoms with Crippen LogP contribution in [0.4, 0.5) is 10.2 Å². The van der Waals surface area contributed by atoms with Crippen LogP contribution in [0.2, 0.25) is 0 Å². The van der Waals surface area contributed by atoms with E-state index < -0.39 is 0 Å². The molecule has 0 aliphatic carbocycles. The SMILES string of the molecule is Cc1ccc(CNc2c(-c3ccc(F)cc3)nc3ncccn23)cc1. The zero-order chi connectivity index (χ0) is 17.2. The molecule has 1 N–H and O–H groups in total. The first-order valence-electron chi connectivity index (χ1n) is 8.09. The molecule has 0 amide bonds. The molecule has 0 spiro atoms. The standard InChI is InChI=1S/C20H17FN4/c1-14-3-5-15(6-4-14)13-23-19-18(16-7-9-17(21)10-8-16)24-20-22-11-2-12-25(19)20/h2-12,23H,13H2,1H3. The number of aromatic nitrogens is 3. The van der Waals surface area contributed by atoms with E-state index in [9.17, 15) is 4.39 Å². The third-order valence-corrected chi connectivity index (χ3v) is 4.10. The Morgan fingerprint density at radius 3 is 2.56 bits per heavy atom. The van der Waals surface area contributed by atoms with Crippen molar-refractivity contribution >= 4 is 11.6 Å². The zero-order valence-electron chi connectivity index (χ0n) is 13.8. The van der Waals surface area contributed by atoms with Crippen LogP contribution in [0.3, 0.4) is 0 Å². The highest BCUT2D eigenvalue weighted by atomic mass is 19.1. The van der Waals surface area contributed by atoms with Gasteiger partial charge in [0.2, 0.25) is 5.78 Å². The van der Waals surface area contributed by atoms with Gasteiger partial charge in [-0.2, -0.15) is 0 Å². The summed E-state index contributed by atoms with van der Waals surface area (Å²) in [5.74, 6) is 1.18. The average molecular weight is 332 g/mol. The van der Waals surface area contributed by atoms with E-state index in [-0.39, 0.29) is 5.82 Å². The summed E-state index contributed by atoms with van der Waals surface area (Å²) in [5.41, 5.74) is 4.01. The molecule has 0 atom stereocenters. The molecule has 25 heavy (non-hydrogen) atoms. The smallest absolute Gasteiger partial charge is 0.235 e. The van der Waals surface area contributed by atoms with Gasteiger partial charge in [0, 0.05) is 24.5 Å². The van der Waals surface area contributed by atoms with E-state index >= 15 is 0 Å². The minimum atomic E-state index is -0.264. The van der Waals surface area contributed by atoms with Gasteiger partial charge in [-0.3, -0.25) is 4.40 Å². The fourth-order valence-electron chi connectivity index (χ4n) is 2.76. The number of rotatable bonds is 4. The Labute approximate surface area is 145 Å². The van der Waals surface area contributed by atoms with Crippen molar-refractivity contribution in [3.8, 4) is 11.3 Å². The number of imidazole rings is 1. The highest BCUT2D eigenvalue weighted by Gasteiger charge is 2.14. The minimum Gasteiger partial charge on any atom is -0.365 e. The summed E-state index contributed by atoms with van der Waals surface area (Å²) in [6, 6.07) is 16.6. The molecule has 5 heteroatoms. The maximum absolute atomic E-state index is 13.3. The average Bonchev–Trinajstić information content (AvgIpc) is 3.00. The summed E-state index contributed by atoms with van der Waals surface area (Å²) in [4.78, 5) is 8.92. The van der Waals surface area contributed by atoms with Gasteiger partial charge in [-0.1, -0.05) is 29.8 Å². The van der Waals surface area contributed by atoms with Crippen LogP contribution in [0.15, 0.2) is 67.0 Å². The summed E-state index contributed by atoms with van der Waals surface area (Å²) >= 11 is 0. The van der Waals surface area contributed by atoms with Crippen molar-refractivity contribution in [3.63, 3.8) is 0 Å². The molecule has 4 nitrogen and oxygen atoms in total. The van der Waals surface area contributed by atoms with Gasteiger partial charge in [-0.25, -0.2) is 14.4 Å². The van der Waals surface area contributed by atoms with Crippen LogP contribution in [0, 0.1) is 12.7 Å². The first-order valence-corrected chi connectivity index (χ1v) is 8.09. The lowest BCUT2D eigenvalue weighted by molar-refractivity contribution is 0.628. The summed E-state index contributed by atoms with van der Waals surface area (Å²) in [6.07, 6.45) is 3.63. The van der Waals surface area contributed by atoms with E-state index in [1.165, 1.54) is 23.3 Å². The fourth-order valence-corrected chi connectivity index (χ4v) is 2.76. The second-order valence-electron chi connectivity index (χ2n) is 5.94. The van der Waals surface area contributed by atoms with Crippen LogP contribution in [0.1, 0.15) is 11.1 Å². The lowest BCUT2D eigenvalue weighted by Crippen LogP contribution is -2.03. The van der Waals surface area contributed by atoms with E-state index in [0.29, 0.717) is 12.3 Å². The number of nitrogens with zero attached hydrogens (tertiary/aromatic N) is 3. The van der Waals surface area contributed by atoms with Crippen LogP contribution in [0.5, 0.6) is 0 Å². The largest absolute Gasteiger partial charge is 0.365 e. The summed E-state index contributed by atoms with van der Waals surface area (Å²) < 4.78 is 15.2. The van der Waals surface area contributed by atoms with Gasteiger partial charge in [0.1, 0.15) is 17.3 Å². The van der Waals surface area contributed by atoms with Gasteiger partial charge in [-0.05, 0) is 42.8 Å². The molecule has 0 saturated carbocycles. The van der Waals surface area contributed by atoms with Crippen LogP contribution >= 0.6 is 0 Å². The molecule has 124 valence electrons. The maximum atomic E-state index is 13.3. The zero-order valence-corrected chi connectivity index (χ0v) is 13.8. The van der Waals surface area contributed by atoms with Gasteiger partial charge < -0.3 is 5.32 Å². The molecular weight excluding hydrogens is 315 g/mol. The van der Waals surface area contributed by atoms with Crippen molar-refractivity contribution in [2.24, 2.45) is 0 Å². The van der Waals surface area contributed by atoms with Crippen LogP contribution < -0.4 is 5.32 Å². The van der Waals surface area contributed by atoms with E-state index in [1.54, 1.807) is 18.3 Å². The number of halogens is 1. The number of hydrogen-bond acceptors (Lipinski definition) is 3. The molecule has 0 unspecified atom stereocenters. The Morgan fingerprint density at radius 2 is 1.80 bits per heavy atom. The lowest BCUT2D eigenvalue weighted by atomic mass is 10.1. The number of fused-ring (bicyclic) bond motifs is 1. The van der Waals surface area contributed by atoms with Gasteiger partial charge in [0.15, 0.2) is 0 Å². The number of anilines is 1. The highest BCUT2D eigenvalue weighted by Crippen LogP contribution is 2.28. The molecule has 0 aliphatic rings. The molecule has 0 radical (unpaired) electrons. The molecule has 0 saturated heterocycles. The Bertz CT molecular complexity index is 1000. The molecule has 0 bridgehead atoms. The summed E-state index contributed by atoms with van der Waals surface area (Å²) in [5, 5.41) is 3.45. The second-order valence-corrected chi connectivity index (χ2v) is 5.94. The van der Waals surface area contributed by atoms with Crippen molar-refractivity contribution in [2.75, 3.05) is 5.32 Å². The predicted octanol–water partition coefficient (Wildman–Crippen LogP) is 4.46. The van der Waals surface area contributed by atoms with Crippen molar-refractivity contribution < 1.29 is 4.39 Å². The molecular formula is C20H17FN4. The van der Waals surface area contributed by atoms with Crippen molar-refractivity contribution in [1.82, 2.24) is 14.4 Å². The monoisotopic (exact) mass is 332 g/mol. The second kappa shape index (κ2) is 6.36. The Kier molecular flexibility index (Phi) is 3.90. The highest BCUT2D eigenvalue weighted by molar-refractivity contribution is 5.75. The third-order valence-electron chi connectivity index (χ3n) is 4.10. The summed E-state index contributed by atoms with van der Waals surface area (Å²) in [7, 11) is 0. The van der Waals surface area contributed by atoms with E-state index in [0.717, 1.165) is 17.1 Å². The Hall–Kier alpha value is -3.21. The van der Waals surface area contributed by atoms with Crippen LogP contribution in [-0.4, -0.2) is 14.4 Å². The molecule has 4 rings (SSSR count). The minimum absolute atomic E-state index is 0.264. The van der Waals surface area contributed by atoms with E-state index in [2.05, 4.69) is 46.5 Å². The summed E-state index contributed by atoms with van der Waals surface area (Å²) in [6.45, 7) is 2.73. The third kappa shape index (κ3) is 3.08. The lowest BCUT2D eigenvalue weighted by Gasteiger charge is -2.09. The quantitative estimate of drug-likeness (QED) is 0.600. The molecule has 2 heterocycles. The van der Waals surface area contributed by atoms with E-state index in [1.807, 2.05) is 16.7 Å². The van der Waals surface area contributed by atoms with Crippen LogP contribution in [0.25, 0.3) is 17.0 Å². The molecule has 0 aliphatic heterocycles. The topological polar surface area (TPSA) is 42.2 Å². The first-order chi connectivity index (χ1) is 12.2.